The van der Waals surface area contributed by atoms with Crippen molar-refractivity contribution in [1.82, 2.24) is 0 Å². The van der Waals surface area contributed by atoms with Crippen molar-refractivity contribution < 1.29 is 14.4 Å². The van der Waals surface area contributed by atoms with Crippen LogP contribution in [0, 0.1) is 10.1 Å². The third-order valence-electron chi connectivity index (χ3n) is 2.86. The predicted molar refractivity (Wildman–Crippen MR) is 64.9 cm³/mol. The maximum absolute atomic E-state index is 10.6. The summed E-state index contributed by atoms with van der Waals surface area (Å²) in [6.07, 6.45) is -0.311. The van der Waals surface area contributed by atoms with E-state index < -0.39 is 10.7 Å². The topological polar surface area (TPSA) is 87.6 Å². The van der Waals surface area contributed by atoms with Crippen LogP contribution in [0.5, 0.6) is 0 Å². The molecule has 1 saturated heterocycles. The van der Waals surface area contributed by atoms with Crippen LogP contribution in [-0.2, 0) is 9.47 Å². The van der Waals surface area contributed by atoms with Crippen LogP contribution in [0.15, 0.2) is 24.3 Å². The molecule has 0 saturated carbocycles. The molecule has 1 aromatic rings. The van der Waals surface area contributed by atoms with Crippen molar-refractivity contribution in [3.05, 3.63) is 39.9 Å². The van der Waals surface area contributed by atoms with Crippen molar-refractivity contribution in [1.29, 1.82) is 0 Å². The SMILES string of the molecule is CC1(C)OC[C@H](N)C(c2ccc([N+](=O)[O-])cc2)O1. The average Bonchev–Trinajstić information content (AvgIpc) is 2.32. The molecule has 0 radical (unpaired) electrons. The molecule has 0 amide bonds. The molecule has 0 aromatic heterocycles. The first kappa shape index (κ1) is 12.9. The number of rotatable bonds is 2. The molecule has 1 aliphatic rings. The molecule has 18 heavy (non-hydrogen) atoms. The number of nitrogens with two attached hydrogens (primary N) is 1. The average molecular weight is 252 g/mol. The lowest BCUT2D eigenvalue weighted by Crippen LogP contribution is -2.48. The van der Waals surface area contributed by atoms with Crippen molar-refractivity contribution in [3.63, 3.8) is 0 Å². The summed E-state index contributed by atoms with van der Waals surface area (Å²) in [6.45, 7) is 4.03. The standard InChI is InChI=1S/C12H16N2O4/c1-12(2)17-7-10(13)11(18-12)8-3-5-9(6-4-8)14(15)16/h3-6,10-11H,7,13H2,1-2H3/t10-,11?/m0/s1. The molecule has 1 fully saturated rings. The fourth-order valence-corrected chi connectivity index (χ4v) is 1.91. The van der Waals surface area contributed by atoms with E-state index in [0.29, 0.717) is 6.61 Å². The van der Waals surface area contributed by atoms with Gasteiger partial charge in [0.1, 0.15) is 6.10 Å². The quantitative estimate of drug-likeness (QED) is 0.640. The molecule has 1 heterocycles. The predicted octanol–water partition coefficient (Wildman–Crippen LogP) is 1.75. The minimum atomic E-state index is -0.692. The fraction of sp³-hybridized carbons (Fsp3) is 0.500. The molecule has 2 atom stereocenters. The number of hydrogen-bond donors (Lipinski definition) is 1. The molecular formula is C12H16N2O4. The maximum Gasteiger partial charge on any atom is 0.269 e. The van der Waals surface area contributed by atoms with Crippen molar-refractivity contribution >= 4 is 5.69 Å². The molecule has 0 bridgehead atoms. The van der Waals surface area contributed by atoms with Gasteiger partial charge < -0.3 is 15.2 Å². The maximum atomic E-state index is 10.6. The number of non-ortho nitro benzene ring substituents is 1. The van der Waals surface area contributed by atoms with Gasteiger partial charge in [0, 0.05) is 12.1 Å². The van der Waals surface area contributed by atoms with Crippen LogP contribution >= 0.6 is 0 Å². The number of benzene rings is 1. The third-order valence-corrected chi connectivity index (χ3v) is 2.86. The van der Waals surface area contributed by atoms with Crippen molar-refractivity contribution in [2.75, 3.05) is 6.61 Å². The molecule has 0 aliphatic carbocycles. The lowest BCUT2D eigenvalue weighted by atomic mass is 10.0. The summed E-state index contributed by atoms with van der Waals surface area (Å²) in [6, 6.07) is 5.97. The minimum Gasteiger partial charge on any atom is -0.349 e. The summed E-state index contributed by atoms with van der Waals surface area (Å²) < 4.78 is 11.2. The second-order valence-corrected chi connectivity index (χ2v) is 4.76. The van der Waals surface area contributed by atoms with Gasteiger partial charge >= 0.3 is 0 Å². The Morgan fingerprint density at radius 2 is 2.00 bits per heavy atom. The number of ether oxygens (including phenoxy) is 2. The Hall–Kier alpha value is -1.50. The summed E-state index contributed by atoms with van der Waals surface area (Å²) in [7, 11) is 0. The van der Waals surface area contributed by atoms with Gasteiger partial charge in [0.2, 0.25) is 0 Å². The smallest absolute Gasteiger partial charge is 0.269 e. The summed E-state index contributed by atoms with van der Waals surface area (Å²) >= 11 is 0. The van der Waals surface area contributed by atoms with Crippen LogP contribution in [0.4, 0.5) is 5.69 Å². The van der Waals surface area contributed by atoms with Crippen molar-refractivity contribution in [3.8, 4) is 0 Å². The molecule has 2 N–H and O–H groups in total. The van der Waals surface area contributed by atoms with E-state index in [0.717, 1.165) is 5.56 Å². The monoisotopic (exact) mass is 252 g/mol. The van der Waals surface area contributed by atoms with Crippen LogP contribution in [-0.4, -0.2) is 23.4 Å². The first-order valence-corrected chi connectivity index (χ1v) is 5.71. The van der Waals surface area contributed by atoms with Gasteiger partial charge in [0.25, 0.3) is 5.69 Å². The van der Waals surface area contributed by atoms with Gasteiger partial charge in [-0.3, -0.25) is 10.1 Å². The van der Waals surface area contributed by atoms with Gasteiger partial charge in [-0.2, -0.15) is 0 Å². The van der Waals surface area contributed by atoms with Crippen LogP contribution < -0.4 is 5.73 Å². The van der Waals surface area contributed by atoms with Gasteiger partial charge in [-0.1, -0.05) is 0 Å². The van der Waals surface area contributed by atoms with Crippen LogP contribution in [0.3, 0.4) is 0 Å². The Morgan fingerprint density at radius 3 is 2.56 bits per heavy atom. The zero-order valence-electron chi connectivity index (χ0n) is 10.3. The van der Waals surface area contributed by atoms with E-state index in [1.807, 2.05) is 13.8 Å². The van der Waals surface area contributed by atoms with E-state index in [1.165, 1.54) is 12.1 Å². The summed E-state index contributed by atoms with van der Waals surface area (Å²) in [5, 5.41) is 10.6. The van der Waals surface area contributed by atoms with E-state index in [9.17, 15) is 10.1 Å². The van der Waals surface area contributed by atoms with Crippen LogP contribution in [0.1, 0.15) is 25.5 Å². The Bertz CT molecular complexity index is 444. The van der Waals surface area contributed by atoms with Gasteiger partial charge in [-0.25, -0.2) is 0 Å². The lowest BCUT2D eigenvalue weighted by molar-refractivity contribution is -0.384. The summed E-state index contributed by atoms with van der Waals surface area (Å²) in [5.41, 5.74) is 6.82. The van der Waals surface area contributed by atoms with Crippen molar-refractivity contribution in [2.24, 2.45) is 5.73 Å². The Labute approximate surface area is 105 Å². The molecule has 1 aromatic carbocycles. The summed E-state index contributed by atoms with van der Waals surface area (Å²) in [4.78, 5) is 10.2. The first-order valence-electron chi connectivity index (χ1n) is 5.71. The zero-order chi connectivity index (χ0) is 13.3. The Morgan fingerprint density at radius 1 is 1.39 bits per heavy atom. The zero-order valence-corrected chi connectivity index (χ0v) is 10.3. The van der Waals surface area contributed by atoms with E-state index in [2.05, 4.69) is 0 Å². The van der Waals surface area contributed by atoms with E-state index in [4.69, 9.17) is 15.2 Å². The highest BCUT2D eigenvalue weighted by molar-refractivity contribution is 5.34. The fourth-order valence-electron chi connectivity index (χ4n) is 1.91. The third kappa shape index (κ3) is 2.66. The molecule has 1 unspecified atom stereocenters. The molecule has 2 rings (SSSR count). The van der Waals surface area contributed by atoms with E-state index in [-0.39, 0.29) is 17.8 Å². The van der Waals surface area contributed by atoms with Crippen LogP contribution in [0.2, 0.25) is 0 Å². The highest BCUT2D eigenvalue weighted by Crippen LogP contribution is 2.32. The Balaban J connectivity index is 2.21. The second kappa shape index (κ2) is 4.64. The number of nitro groups is 1. The van der Waals surface area contributed by atoms with Gasteiger partial charge in [0.05, 0.1) is 17.6 Å². The largest absolute Gasteiger partial charge is 0.349 e. The van der Waals surface area contributed by atoms with Gasteiger partial charge in [0.15, 0.2) is 5.79 Å². The minimum absolute atomic E-state index is 0.0543. The van der Waals surface area contributed by atoms with Gasteiger partial charge in [-0.05, 0) is 31.5 Å². The number of hydrogen-bond acceptors (Lipinski definition) is 5. The highest BCUT2D eigenvalue weighted by Gasteiger charge is 2.35. The molecule has 0 spiro atoms. The molecule has 6 nitrogen and oxygen atoms in total. The summed E-state index contributed by atoms with van der Waals surface area (Å²) in [5.74, 6) is -0.692. The molecule has 98 valence electrons. The van der Waals surface area contributed by atoms with E-state index >= 15 is 0 Å². The molecular weight excluding hydrogens is 236 g/mol. The second-order valence-electron chi connectivity index (χ2n) is 4.76. The normalized spacial score (nSPS) is 26.8. The van der Waals surface area contributed by atoms with Gasteiger partial charge in [-0.15, -0.1) is 0 Å². The Kier molecular flexibility index (Phi) is 3.34. The number of nitrogens with zero attached hydrogens (tertiary/aromatic N) is 1. The first-order chi connectivity index (χ1) is 8.39. The lowest BCUT2D eigenvalue weighted by Gasteiger charge is -2.39. The van der Waals surface area contributed by atoms with Crippen molar-refractivity contribution in [2.45, 2.75) is 31.8 Å². The van der Waals surface area contributed by atoms with E-state index in [1.54, 1.807) is 12.1 Å². The number of nitro benzene ring substituents is 1. The molecule has 1 aliphatic heterocycles. The highest BCUT2D eigenvalue weighted by atomic mass is 16.7. The van der Waals surface area contributed by atoms with Crippen LogP contribution in [0.25, 0.3) is 0 Å². The molecule has 6 heteroatoms.